The topological polar surface area (TPSA) is 15.3 Å². The van der Waals surface area contributed by atoms with Gasteiger partial charge in [0.05, 0.1) is 0 Å². The van der Waals surface area contributed by atoms with Crippen molar-refractivity contribution in [3.63, 3.8) is 0 Å². The average molecular weight is 244 g/mol. The lowest BCUT2D eigenvalue weighted by Gasteiger charge is -2.31. The van der Waals surface area contributed by atoms with Crippen molar-refractivity contribution in [2.75, 3.05) is 19.6 Å². The van der Waals surface area contributed by atoms with Gasteiger partial charge in [-0.2, -0.15) is 0 Å². The summed E-state index contributed by atoms with van der Waals surface area (Å²) in [5.74, 6) is 1.72. The largest absolute Gasteiger partial charge is 0.316 e. The van der Waals surface area contributed by atoms with Crippen molar-refractivity contribution in [3.05, 3.63) is 35.4 Å². The second-order valence-corrected chi connectivity index (χ2v) is 6.05. The highest BCUT2D eigenvalue weighted by Crippen LogP contribution is 2.38. The summed E-state index contributed by atoms with van der Waals surface area (Å²) in [6, 6.07) is 10.1. The first-order valence-electron chi connectivity index (χ1n) is 7.20. The van der Waals surface area contributed by atoms with Crippen LogP contribution in [0.15, 0.2) is 24.3 Å². The van der Waals surface area contributed by atoms with Crippen LogP contribution in [0.2, 0.25) is 0 Å². The highest BCUT2D eigenvalue weighted by atomic mass is 15.2. The number of hydrogen-bond donors (Lipinski definition) is 1. The van der Waals surface area contributed by atoms with Crippen LogP contribution in [0.4, 0.5) is 0 Å². The molecule has 0 amide bonds. The van der Waals surface area contributed by atoms with E-state index in [9.17, 15) is 0 Å². The minimum absolute atomic E-state index is 0.548. The molecule has 4 unspecified atom stereocenters. The molecule has 0 aliphatic carbocycles. The quantitative estimate of drug-likeness (QED) is 0.860. The lowest BCUT2D eigenvalue weighted by atomic mass is 9.95. The summed E-state index contributed by atoms with van der Waals surface area (Å²) in [5.41, 5.74) is 2.92. The summed E-state index contributed by atoms with van der Waals surface area (Å²) < 4.78 is 0. The lowest BCUT2D eigenvalue weighted by molar-refractivity contribution is 0.182. The second-order valence-electron chi connectivity index (χ2n) is 6.05. The van der Waals surface area contributed by atoms with Gasteiger partial charge in [-0.1, -0.05) is 24.3 Å². The molecule has 1 aromatic carbocycles. The molecule has 2 heteroatoms. The predicted octanol–water partition coefficient (Wildman–Crippen LogP) is 2.60. The highest BCUT2D eigenvalue weighted by molar-refractivity contribution is 5.28. The van der Waals surface area contributed by atoms with E-state index in [4.69, 9.17) is 0 Å². The molecule has 1 N–H and O–H groups in total. The highest BCUT2D eigenvalue weighted by Gasteiger charge is 2.43. The van der Waals surface area contributed by atoms with Crippen molar-refractivity contribution in [2.45, 2.75) is 32.9 Å². The third kappa shape index (κ3) is 1.88. The summed E-state index contributed by atoms with van der Waals surface area (Å²) in [6.45, 7) is 10.7. The standard InChI is InChI=1S/C16H24N2/c1-11-6-4-5-7-15(11)12(2)18-10-14-8-17-9-16(14)13(18)3/h4-7,12-14,16-17H,8-10H2,1-3H3. The fourth-order valence-electron chi connectivity index (χ4n) is 3.95. The molecule has 0 spiro atoms. The molecule has 0 saturated carbocycles. The summed E-state index contributed by atoms with van der Waals surface area (Å²) >= 11 is 0. The van der Waals surface area contributed by atoms with Gasteiger partial charge in [0, 0.05) is 18.6 Å². The van der Waals surface area contributed by atoms with Crippen LogP contribution in [0.5, 0.6) is 0 Å². The van der Waals surface area contributed by atoms with Gasteiger partial charge in [0.1, 0.15) is 0 Å². The lowest BCUT2D eigenvalue weighted by Crippen LogP contribution is -2.35. The van der Waals surface area contributed by atoms with E-state index in [0.717, 1.165) is 11.8 Å². The molecule has 2 aliphatic rings. The van der Waals surface area contributed by atoms with Gasteiger partial charge in [-0.15, -0.1) is 0 Å². The maximum absolute atomic E-state index is 3.54. The van der Waals surface area contributed by atoms with Crippen LogP contribution >= 0.6 is 0 Å². The molecule has 18 heavy (non-hydrogen) atoms. The third-order valence-corrected chi connectivity index (χ3v) is 5.12. The smallest absolute Gasteiger partial charge is 0.0325 e. The fraction of sp³-hybridized carbons (Fsp3) is 0.625. The zero-order valence-electron chi connectivity index (χ0n) is 11.7. The van der Waals surface area contributed by atoms with Crippen LogP contribution in [-0.4, -0.2) is 30.6 Å². The Labute approximate surface area is 110 Å². The molecule has 98 valence electrons. The van der Waals surface area contributed by atoms with Gasteiger partial charge in [-0.25, -0.2) is 0 Å². The van der Waals surface area contributed by atoms with E-state index in [1.54, 1.807) is 0 Å². The van der Waals surface area contributed by atoms with Crippen molar-refractivity contribution in [1.82, 2.24) is 10.2 Å². The van der Waals surface area contributed by atoms with Crippen LogP contribution in [0, 0.1) is 18.8 Å². The van der Waals surface area contributed by atoms with Crippen LogP contribution in [0.25, 0.3) is 0 Å². The molecule has 0 bridgehead atoms. The van der Waals surface area contributed by atoms with E-state index in [1.807, 2.05) is 0 Å². The normalized spacial score (nSPS) is 33.6. The van der Waals surface area contributed by atoms with Gasteiger partial charge >= 0.3 is 0 Å². The molecule has 4 atom stereocenters. The maximum Gasteiger partial charge on any atom is 0.0325 e. The van der Waals surface area contributed by atoms with E-state index < -0.39 is 0 Å². The minimum atomic E-state index is 0.548. The summed E-state index contributed by atoms with van der Waals surface area (Å²) in [4.78, 5) is 2.71. The molecule has 0 radical (unpaired) electrons. The molecule has 2 heterocycles. The summed E-state index contributed by atoms with van der Waals surface area (Å²) in [6.07, 6.45) is 0. The number of nitrogens with one attached hydrogen (secondary N) is 1. The van der Waals surface area contributed by atoms with Gasteiger partial charge in [0.25, 0.3) is 0 Å². The van der Waals surface area contributed by atoms with E-state index in [-0.39, 0.29) is 0 Å². The number of likely N-dealkylation sites (tertiary alicyclic amines) is 1. The van der Waals surface area contributed by atoms with E-state index in [2.05, 4.69) is 55.3 Å². The molecular formula is C16H24N2. The number of fused-ring (bicyclic) bond motifs is 1. The van der Waals surface area contributed by atoms with Crippen molar-refractivity contribution in [1.29, 1.82) is 0 Å². The van der Waals surface area contributed by atoms with Gasteiger partial charge in [0.2, 0.25) is 0 Å². The Morgan fingerprint density at radius 2 is 2.06 bits per heavy atom. The van der Waals surface area contributed by atoms with Gasteiger partial charge in [-0.05, 0) is 56.8 Å². The molecule has 2 saturated heterocycles. The Bertz CT molecular complexity index is 429. The molecular weight excluding hydrogens is 220 g/mol. The Hall–Kier alpha value is -0.860. The Kier molecular flexibility index (Phi) is 3.16. The number of aryl methyl sites for hydroxylation is 1. The Morgan fingerprint density at radius 1 is 1.28 bits per heavy atom. The van der Waals surface area contributed by atoms with E-state index in [0.29, 0.717) is 12.1 Å². The number of rotatable bonds is 2. The second kappa shape index (κ2) is 4.67. The fourth-order valence-corrected chi connectivity index (χ4v) is 3.95. The monoisotopic (exact) mass is 244 g/mol. The molecule has 2 fully saturated rings. The molecule has 2 nitrogen and oxygen atoms in total. The van der Waals surface area contributed by atoms with Crippen LogP contribution in [0.3, 0.4) is 0 Å². The minimum Gasteiger partial charge on any atom is -0.316 e. The average Bonchev–Trinajstić information content (AvgIpc) is 2.93. The van der Waals surface area contributed by atoms with Gasteiger partial charge < -0.3 is 5.32 Å². The summed E-state index contributed by atoms with van der Waals surface area (Å²) in [5, 5.41) is 3.54. The zero-order chi connectivity index (χ0) is 12.7. The van der Waals surface area contributed by atoms with Crippen molar-refractivity contribution < 1.29 is 0 Å². The third-order valence-electron chi connectivity index (χ3n) is 5.12. The van der Waals surface area contributed by atoms with Crippen LogP contribution < -0.4 is 5.32 Å². The van der Waals surface area contributed by atoms with E-state index >= 15 is 0 Å². The maximum atomic E-state index is 3.54. The van der Waals surface area contributed by atoms with Crippen molar-refractivity contribution in [3.8, 4) is 0 Å². The molecule has 3 rings (SSSR count). The van der Waals surface area contributed by atoms with Gasteiger partial charge in [0.15, 0.2) is 0 Å². The van der Waals surface area contributed by atoms with Crippen LogP contribution in [0.1, 0.15) is 31.0 Å². The molecule has 1 aromatic rings. The van der Waals surface area contributed by atoms with Crippen molar-refractivity contribution in [2.24, 2.45) is 11.8 Å². The number of nitrogens with zero attached hydrogens (tertiary/aromatic N) is 1. The molecule has 2 aliphatic heterocycles. The first kappa shape index (κ1) is 12.2. The van der Waals surface area contributed by atoms with E-state index in [1.165, 1.54) is 30.8 Å². The number of hydrogen-bond acceptors (Lipinski definition) is 2. The Balaban J connectivity index is 1.82. The molecule has 0 aromatic heterocycles. The van der Waals surface area contributed by atoms with Crippen LogP contribution in [-0.2, 0) is 0 Å². The van der Waals surface area contributed by atoms with Gasteiger partial charge in [-0.3, -0.25) is 4.90 Å². The zero-order valence-corrected chi connectivity index (χ0v) is 11.7. The first-order chi connectivity index (χ1) is 8.68. The SMILES string of the molecule is Cc1ccccc1C(C)N1CC2CNCC2C1C. The van der Waals surface area contributed by atoms with Crippen molar-refractivity contribution >= 4 is 0 Å². The predicted molar refractivity (Wildman–Crippen MR) is 75.6 cm³/mol. The first-order valence-corrected chi connectivity index (χ1v) is 7.20. The number of benzene rings is 1. The Morgan fingerprint density at radius 3 is 2.78 bits per heavy atom. The summed E-state index contributed by atoms with van der Waals surface area (Å²) in [7, 11) is 0.